The van der Waals surface area contributed by atoms with E-state index in [9.17, 15) is 24.5 Å². The molecule has 0 radical (unpaired) electrons. The van der Waals surface area contributed by atoms with Gasteiger partial charge >= 0.3 is 5.97 Å². The molecular formula is C17H19NO7. The first kappa shape index (κ1) is 20.2. The van der Waals surface area contributed by atoms with Gasteiger partial charge < -0.3 is 14.3 Å². The number of nitrogens with zero attached hydrogens (tertiary/aromatic N) is 1. The summed E-state index contributed by atoms with van der Waals surface area (Å²) in [4.78, 5) is 44.8. The van der Waals surface area contributed by atoms with E-state index < -0.39 is 23.3 Å². The number of nitro groups is 1. The molecule has 0 fully saturated rings. The van der Waals surface area contributed by atoms with Crippen molar-refractivity contribution < 1.29 is 28.8 Å². The van der Waals surface area contributed by atoms with Gasteiger partial charge in [-0.15, -0.1) is 0 Å². The molecule has 0 heterocycles. The average molecular weight is 349 g/mol. The van der Waals surface area contributed by atoms with Crippen molar-refractivity contribution in [1.82, 2.24) is 0 Å². The molecule has 0 saturated heterocycles. The van der Waals surface area contributed by atoms with Gasteiger partial charge in [0.15, 0.2) is 5.78 Å². The van der Waals surface area contributed by atoms with Crippen molar-refractivity contribution in [3.05, 3.63) is 45.5 Å². The number of esters is 1. The van der Waals surface area contributed by atoms with Crippen molar-refractivity contribution in [3.63, 3.8) is 0 Å². The van der Waals surface area contributed by atoms with E-state index in [2.05, 4.69) is 0 Å². The molecule has 0 unspecified atom stereocenters. The van der Waals surface area contributed by atoms with Crippen molar-refractivity contribution >= 4 is 29.8 Å². The highest BCUT2D eigenvalue weighted by Crippen LogP contribution is 2.17. The van der Waals surface area contributed by atoms with Gasteiger partial charge in [-0.05, 0) is 18.1 Å². The van der Waals surface area contributed by atoms with Crippen molar-refractivity contribution in [2.45, 2.75) is 19.8 Å². The number of aldehydes is 1. The van der Waals surface area contributed by atoms with Gasteiger partial charge in [0.2, 0.25) is 0 Å². The summed E-state index contributed by atoms with van der Waals surface area (Å²) < 4.78 is 10.0. The van der Waals surface area contributed by atoms with E-state index in [4.69, 9.17) is 9.47 Å². The fraction of sp³-hybridized carbons (Fsp3) is 0.353. The highest BCUT2D eigenvalue weighted by molar-refractivity contribution is 6.21. The fourth-order valence-electron chi connectivity index (χ4n) is 1.79. The summed E-state index contributed by atoms with van der Waals surface area (Å²) in [6, 6.07) is 5.52. The molecule has 134 valence electrons. The molecule has 0 aliphatic rings. The fourth-order valence-corrected chi connectivity index (χ4v) is 1.79. The maximum Gasteiger partial charge on any atom is 0.341 e. The summed E-state index contributed by atoms with van der Waals surface area (Å²) in [5.74, 6) is -1.45. The number of benzene rings is 1. The van der Waals surface area contributed by atoms with Gasteiger partial charge in [0.1, 0.15) is 18.5 Å². The number of hydrogen-bond donors (Lipinski definition) is 0. The normalized spacial score (nSPS) is 11.0. The molecule has 1 aromatic rings. The van der Waals surface area contributed by atoms with Crippen LogP contribution in [-0.4, -0.2) is 42.8 Å². The summed E-state index contributed by atoms with van der Waals surface area (Å²) in [7, 11) is 0. The van der Waals surface area contributed by atoms with Crippen LogP contribution in [-0.2, 0) is 23.9 Å². The summed E-state index contributed by atoms with van der Waals surface area (Å²) in [5.41, 5.74) is -0.108. The number of ether oxygens (including phenoxy) is 2. The molecule has 0 saturated carbocycles. The van der Waals surface area contributed by atoms with Gasteiger partial charge in [0.25, 0.3) is 5.69 Å². The maximum absolute atomic E-state index is 12.2. The highest BCUT2D eigenvalue weighted by Gasteiger charge is 2.20. The van der Waals surface area contributed by atoms with E-state index in [1.165, 1.54) is 30.3 Å². The Bertz CT molecular complexity index is 667. The van der Waals surface area contributed by atoms with Crippen LogP contribution in [0.5, 0.6) is 0 Å². The van der Waals surface area contributed by atoms with Crippen molar-refractivity contribution in [2.24, 2.45) is 0 Å². The van der Waals surface area contributed by atoms with E-state index in [0.717, 1.165) is 0 Å². The van der Waals surface area contributed by atoms with E-state index >= 15 is 0 Å². The molecule has 0 atom stereocenters. The SMILES string of the molecule is CCCOC(=O)C(=Cc1cccc([N+](=O)[O-])c1)C(=O)COCCC=O. The minimum absolute atomic E-state index is 0.0589. The number of Topliss-reactive ketones (excluding diaryl/α,β-unsaturated/α-hetero) is 1. The molecule has 8 heteroatoms. The quantitative estimate of drug-likeness (QED) is 0.0878. The zero-order valence-electron chi connectivity index (χ0n) is 13.8. The zero-order chi connectivity index (χ0) is 18.7. The smallest absolute Gasteiger partial charge is 0.341 e. The third-order valence-electron chi connectivity index (χ3n) is 2.96. The van der Waals surface area contributed by atoms with Crippen LogP contribution in [0.3, 0.4) is 0 Å². The minimum Gasteiger partial charge on any atom is -0.462 e. The summed E-state index contributed by atoms with van der Waals surface area (Å²) in [5, 5.41) is 10.8. The third-order valence-corrected chi connectivity index (χ3v) is 2.96. The van der Waals surface area contributed by atoms with E-state index in [0.29, 0.717) is 18.3 Å². The number of carbonyl (C=O) groups excluding carboxylic acids is 3. The summed E-state index contributed by atoms with van der Waals surface area (Å²) >= 11 is 0. The van der Waals surface area contributed by atoms with Gasteiger partial charge in [-0.1, -0.05) is 19.1 Å². The average Bonchev–Trinajstić information content (AvgIpc) is 2.61. The molecule has 0 N–H and O–H groups in total. The summed E-state index contributed by atoms with van der Waals surface area (Å²) in [6.45, 7) is 1.62. The van der Waals surface area contributed by atoms with Crippen LogP contribution in [0.1, 0.15) is 25.3 Å². The largest absolute Gasteiger partial charge is 0.462 e. The van der Waals surface area contributed by atoms with Crippen LogP contribution in [0.25, 0.3) is 6.08 Å². The molecule has 0 amide bonds. The highest BCUT2D eigenvalue weighted by atomic mass is 16.6. The molecule has 1 rings (SSSR count). The van der Waals surface area contributed by atoms with Gasteiger partial charge in [0.05, 0.1) is 18.1 Å². The first-order valence-electron chi connectivity index (χ1n) is 7.67. The molecule has 0 aromatic heterocycles. The van der Waals surface area contributed by atoms with Crippen LogP contribution in [0, 0.1) is 10.1 Å². The van der Waals surface area contributed by atoms with Crippen molar-refractivity contribution in [1.29, 1.82) is 0 Å². The van der Waals surface area contributed by atoms with Crippen LogP contribution < -0.4 is 0 Å². The number of non-ortho nitro benzene ring substituents is 1. The molecule has 0 aliphatic carbocycles. The van der Waals surface area contributed by atoms with Crippen LogP contribution in [0.4, 0.5) is 5.69 Å². The third kappa shape index (κ3) is 7.05. The lowest BCUT2D eigenvalue weighted by atomic mass is 10.1. The predicted octanol–water partition coefficient (Wildman–Crippen LogP) is 2.11. The van der Waals surface area contributed by atoms with Gasteiger partial charge in [-0.2, -0.15) is 0 Å². The van der Waals surface area contributed by atoms with Gasteiger partial charge in [-0.3, -0.25) is 14.9 Å². The Hall–Kier alpha value is -2.87. The Labute approximate surface area is 144 Å². The second-order valence-corrected chi connectivity index (χ2v) is 4.98. The molecule has 1 aromatic carbocycles. The maximum atomic E-state index is 12.2. The molecule has 8 nitrogen and oxygen atoms in total. The topological polar surface area (TPSA) is 113 Å². The standard InChI is InChI=1S/C17H19NO7/c1-2-8-25-17(21)15(16(20)12-24-9-4-7-19)11-13-5-3-6-14(10-13)18(22)23/h3,5-7,10-11H,2,4,8-9,12H2,1H3. The zero-order valence-corrected chi connectivity index (χ0v) is 13.8. The number of ketones is 1. The Kier molecular flexibility index (Phi) is 8.73. The monoisotopic (exact) mass is 349 g/mol. The Morgan fingerprint density at radius 2 is 2.04 bits per heavy atom. The first-order valence-corrected chi connectivity index (χ1v) is 7.67. The minimum atomic E-state index is -0.822. The predicted molar refractivity (Wildman–Crippen MR) is 88.8 cm³/mol. The first-order chi connectivity index (χ1) is 12.0. The lowest BCUT2D eigenvalue weighted by molar-refractivity contribution is -0.384. The molecular weight excluding hydrogens is 330 g/mol. The summed E-state index contributed by atoms with van der Waals surface area (Å²) in [6.07, 6.45) is 2.60. The molecule has 25 heavy (non-hydrogen) atoms. The molecule has 0 spiro atoms. The lowest BCUT2D eigenvalue weighted by Crippen LogP contribution is -2.20. The Morgan fingerprint density at radius 3 is 2.68 bits per heavy atom. The Morgan fingerprint density at radius 1 is 1.28 bits per heavy atom. The number of carbonyl (C=O) groups is 3. The van der Waals surface area contributed by atoms with Gasteiger partial charge in [-0.25, -0.2) is 4.79 Å². The van der Waals surface area contributed by atoms with E-state index in [1.54, 1.807) is 0 Å². The van der Waals surface area contributed by atoms with Crippen LogP contribution >= 0.6 is 0 Å². The molecule has 0 aliphatic heterocycles. The van der Waals surface area contributed by atoms with Crippen LogP contribution in [0.15, 0.2) is 29.8 Å². The van der Waals surface area contributed by atoms with Gasteiger partial charge in [0, 0.05) is 18.6 Å². The van der Waals surface area contributed by atoms with Crippen molar-refractivity contribution in [3.8, 4) is 0 Å². The number of rotatable bonds is 11. The van der Waals surface area contributed by atoms with Crippen LogP contribution in [0.2, 0.25) is 0 Å². The van der Waals surface area contributed by atoms with Crippen molar-refractivity contribution in [2.75, 3.05) is 19.8 Å². The Balaban J connectivity index is 3.02. The molecule has 0 bridgehead atoms. The van der Waals surface area contributed by atoms with E-state index in [-0.39, 0.29) is 30.9 Å². The number of hydrogen-bond acceptors (Lipinski definition) is 7. The lowest BCUT2D eigenvalue weighted by Gasteiger charge is -2.08. The second-order valence-electron chi connectivity index (χ2n) is 4.98. The number of nitro benzene ring substituents is 1. The van der Waals surface area contributed by atoms with E-state index in [1.807, 2.05) is 6.92 Å². The second kappa shape index (κ2) is 10.8.